The molecule has 2 N–H and O–H groups in total. The molecule has 6 nitrogen and oxygen atoms in total. The van der Waals surface area contributed by atoms with Crippen LogP contribution in [0.1, 0.15) is 22.3 Å². The quantitative estimate of drug-likeness (QED) is 0.680. The van der Waals surface area contributed by atoms with E-state index in [9.17, 15) is 14.9 Å². The summed E-state index contributed by atoms with van der Waals surface area (Å²) >= 11 is 0. The first-order valence-corrected chi connectivity index (χ1v) is 6.27. The number of nitro groups is 1. The summed E-state index contributed by atoms with van der Waals surface area (Å²) in [6.07, 6.45) is 0.899. The van der Waals surface area contributed by atoms with Gasteiger partial charge in [0, 0.05) is 30.3 Å². The van der Waals surface area contributed by atoms with Crippen molar-refractivity contribution in [3.8, 4) is 0 Å². The van der Waals surface area contributed by atoms with Gasteiger partial charge in [-0.15, -0.1) is 12.4 Å². The Morgan fingerprint density at radius 2 is 2.25 bits per heavy atom. The molecular weight excluding hydrogens is 282 g/mol. The lowest BCUT2D eigenvalue weighted by molar-refractivity contribution is -0.385. The lowest BCUT2D eigenvalue weighted by Gasteiger charge is -2.16. The van der Waals surface area contributed by atoms with Gasteiger partial charge in [0.15, 0.2) is 0 Å². The summed E-state index contributed by atoms with van der Waals surface area (Å²) in [7, 11) is 0. The number of likely N-dealkylation sites (tertiary alicyclic amines) is 1. The highest BCUT2D eigenvalue weighted by Crippen LogP contribution is 2.22. The average Bonchev–Trinajstić information content (AvgIpc) is 2.87. The Kier molecular flexibility index (Phi) is 5.47. The van der Waals surface area contributed by atoms with Gasteiger partial charge < -0.3 is 10.6 Å². The first-order valence-electron chi connectivity index (χ1n) is 6.27. The van der Waals surface area contributed by atoms with E-state index in [1.54, 1.807) is 24.0 Å². The molecule has 1 unspecified atom stereocenters. The second kappa shape index (κ2) is 6.67. The van der Waals surface area contributed by atoms with E-state index < -0.39 is 4.92 Å². The van der Waals surface area contributed by atoms with Crippen LogP contribution < -0.4 is 5.73 Å². The predicted molar refractivity (Wildman–Crippen MR) is 78.1 cm³/mol. The van der Waals surface area contributed by atoms with Gasteiger partial charge in [-0.05, 0) is 31.9 Å². The molecule has 0 spiro atoms. The summed E-state index contributed by atoms with van der Waals surface area (Å²) in [5.74, 6) is 0.184. The van der Waals surface area contributed by atoms with Crippen molar-refractivity contribution in [1.29, 1.82) is 0 Å². The highest BCUT2D eigenvalue weighted by molar-refractivity contribution is 5.95. The number of amides is 1. The highest BCUT2D eigenvalue weighted by atomic mass is 35.5. The number of hydrogen-bond donors (Lipinski definition) is 1. The third-order valence-corrected chi connectivity index (χ3v) is 3.56. The predicted octanol–water partition coefficient (Wildman–Crippen LogP) is 1.75. The molecule has 2 rings (SSSR count). The molecule has 0 saturated carbocycles. The molecule has 0 radical (unpaired) electrons. The Labute approximate surface area is 123 Å². The number of halogens is 1. The first-order chi connectivity index (χ1) is 9.02. The summed E-state index contributed by atoms with van der Waals surface area (Å²) in [5, 5.41) is 10.9. The SMILES string of the molecule is Cc1ccc(C(=O)N2CCC(CN)C2)cc1[N+](=O)[O-].Cl. The van der Waals surface area contributed by atoms with Crippen LogP contribution in [-0.2, 0) is 0 Å². The molecule has 0 aliphatic carbocycles. The molecule has 1 atom stereocenters. The zero-order valence-electron chi connectivity index (χ0n) is 11.2. The number of nitro benzene ring substituents is 1. The molecule has 1 aromatic rings. The standard InChI is InChI=1S/C13H17N3O3.ClH/c1-9-2-3-11(6-12(9)16(18)19)13(17)15-5-4-10(7-14)8-15;/h2-3,6,10H,4-5,7-8,14H2,1H3;1H. The highest BCUT2D eigenvalue weighted by Gasteiger charge is 2.27. The van der Waals surface area contributed by atoms with Crippen molar-refractivity contribution >= 4 is 24.0 Å². The molecule has 1 aromatic carbocycles. The van der Waals surface area contributed by atoms with Crippen LogP contribution in [0.25, 0.3) is 0 Å². The topological polar surface area (TPSA) is 89.5 Å². The van der Waals surface area contributed by atoms with Crippen molar-refractivity contribution in [2.24, 2.45) is 11.7 Å². The van der Waals surface area contributed by atoms with E-state index in [-0.39, 0.29) is 24.0 Å². The van der Waals surface area contributed by atoms with Crippen LogP contribution in [-0.4, -0.2) is 35.4 Å². The number of rotatable bonds is 3. The largest absolute Gasteiger partial charge is 0.338 e. The molecule has 1 aliphatic heterocycles. The molecule has 0 aromatic heterocycles. The minimum absolute atomic E-state index is 0. The summed E-state index contributed by atoms with van der Waals surface area (Å²) in [4.78, 5) is 24.4. The Hall–Kier alpha value is -1.66. The van der Waals surface area contributed by atoms with Gasteiger partial charge in [0.2, 0.25) is 0 Å². The summed E-state index contributed by atoms with van der Waals surface area (Å²) < 4.78 is 0. The Morgan fingerprint density at radius 3 is 2.80 bits per heavy atom. The maximum absolute atomic E-state index is 12.3. The molecule has 110 valence electrons. The van der Waals surface area contributed by atoms with Crippen LogP contribution in [0, 0.1) is 23.0 Å². The summed E-state index contributed by atoms with van der Waals surface area (Å²) in [5.41, 5.74) is 6.51. The third-order valence-electron chi connectivity index (χ3n) is 3.56. The van der Waals surface area contributed by atoms with Crippen LogP contribution in [0.15, 0.2) is 18.2 Å². The summed E-state index contributed by atoms with van der Waals surface area (Å²) in [6, 6.07) is 4.61. The molecule has 1 amide bonds. The van der Waals surface area contributed by atoms with Crippen molar-refractivity contribution in [1.82, 2.24) is 4.90 Å². The van der Waals surface area contributed by atoms with E-state index in [0.717, 1.165) is 6.42 Å². The average molecular weight is 300 g/mol. The van der Waals surface area contributed by atoms with E-state index in [0.29, 0.717) is 36.7 Å². The molecule has 7 heteroatoms. The van der Waals surface area contributed by atoms with Gasteiger partial charge in [-0.25, -0.2) is 0 Å². The number of carbonyl (C=O) groups is 1. The molecule has 1 fully saturated rings. The molecule has 1 saturated heterocycles. The molecule has 1 aliphatic rings. The van der Waals surface area contributed by atoms with E-state index >= 15 is 0 Å². The fraction of sp³-hybridized carbons (Fsp3) is 0.462. The molecule has 20 heavy (non-hydrogen) atoms. The number of carbonyl (C=O) groups excluding carboxylic acids is 1. The maximum Gasteiger partial charge on any atom is 0.273 e. The molecule has 0 bridgehead atoms. The number of nitrogens with two attached hydrogens (primary N) is 1. The van der Waals surface area contributed by atoms with Gasteiger partial charge in [-0.2, -0.15) is 0 Å². The number of benzene rings is 1. The first kappa shape index (κ1) is 16.4. The van der Waals surface area contributed by atoms with Crippen molar-refractivity contribution in [3.63, 3.8) is 0 Å². The number of aryl methyl sites for hydroxylation is 1. The van der Waals surface area contributed by atoms with Gasteiger partial charge >= 0.3 is 0 Å². The van der Waals surface area contributed by atoms with E-state index in [1.165, 1.54) is 6.07 Å². The van der Waals surface area contributed by atoms with E-state index in [2.05, 4.69) is 0 Å². The Bertz CT molecular complexity index is 522. The monoisotopic (exact) mass is 299 g/mol. The Morgan fingerprint density at radius 1 is 1.55 bits per heavy atom. The van der Waals surface area contributed by atoms with Crippen molar-refractivity contribution in [2.75, 3.05) is 19.6 Å². The van der Waals surface area contributed by atoms with Crippen LogP contribution in [0.5, 0.6) is 0 Å². The maximum atomic E-state index is 12.3. The fourth-order valence-electron chi connectivity index (χ4n) is 2.33. The van der Waals surface area contributed by atoms with Crippen LogP contribution in [0.2, 0.25) is 0 Å². The lowest BCUT2D eigenvalue weighted by atomic mass is 10.1. The Balaban J connectivity index is 0.00000200. The van der Waals surface area contributed by atoms with Crippen molar-refractivity contribution < 1.29 is 9.72 Å². The molecular formula is C13H18ClN3O3. The smallest absolute Gasteiger partial charge is 0.273 e. The normalized spacial score (nSPS) is 17.7. The fourth-order valence-corrected chi connectivity index (χ4v) is 2.33. The van der Waals surface area contributed by atoms with Crippen LogP contribution in [0.3, 0.4) is 0 Å². The van der Waals surface area contributed by atoms with Crippen LogP contribution in [0.4, 0.5) is 5.69 Å². The van der Waals surface area contributed by atoms with Gasteiger partial charge in [0.05, 0.1) is 4.92 Å². The van der Waals surface area contributed by atoms with E-state index in [4.69, 9.17) is 5.73 Å². The number of nitrogens with zero attached hydrogens (tertiary/aromatic N) is 2. The van der Waals surface area contributed by atoms with Crippen LogP contribution >= 0.6 is 12.4 Å². The zero-order chi connectivity index (χ0) is 14.0. The van der Waals surface area contributed by atoms with Gasteiger partial charge in [-0.1, -0.05) is 6.07 Å². The number of hydrogen-bond acceptors (Lipinski definition) is 4. The van der Waals surface area contributed by atoms with Gasteiger partial charge in [0.25, 0.3) is 11.6 Å². The second-order valence-electron chi connectivity index (χ2n) is 4.90. The summed E-state index contributed by atoms with van der Waals surface area (Å²) in [6.45, 7) is 3.53. The van der Waals surface area contributed by atoms with Gasteiger partial charge in [-0.3, -0.25) is 14.9 Å². The minimum Gasteiger partial charge on any atom is -0.338 e. The van der Waals surface area contributed by atoms with E-state index in [1.807, 2.05) is 0 Å². The second-order valence-corrected chi connectivity index (χ2v) is 4.90. The minimum atomic E-state index is -0.460. The lowest BCUT2D eigenvalue weighted by Crippen LogP contribution is -2.29. The van der Waals surface area contributed by atoms with Crippen molar-refractivity contribution in [2.45, 2.75) is 13.3 Å². The zero-order valence-corrected chi connectivity index (χ0v) is 12.1. The van der Waals surface area contributed by atoms with Gasteiger partial charge in [0.1, 0.15) is 0 Å². The van der Waals surface area contributed by atoms with Crippen molar-refractivity contribution in [3.05, 3.63) is 39.4 Å². The molecule has 1 heterocycles. The third kappa shape index (κ3) is 3.26.